The summed E-state index contributed by atoms with van der Waals surface area (Å²) in [6.45, 7) is 0. The second kappa shape index (κ2) is 11.7. The van der Waals surface area contributed by atoms with Gasteiger partial charge in [0.25, 0.3) is 0 Å². The first-order valence-electron chi connectivity index (χ1n) is 11.7. The number of ether oxygens (including phenoxy) is 4. The summed E-state index contributed by atoms with van der Waals surface area (Å²) in [6.07, 6.45) is 0. The Morgan fingerprint density at radius 2 is 0.500 bits per heavy atom. The summed E-state index contributed by atoms with van der Waals surface area (Å²) < 4.78 is 78.8. The zero-order chi connectivity index (χ0) is 28.6. The minimum atomic E-state index is -1.88. The highest BCUT2D eigenvalue weighted by atomic mass is 32.2. The Bertz CT molecular complexity index is 1380. The van der Waals surface area contributed by atoms with E-state index in [1.54, 1.807) is 72.8 Å². The van der Waals surface area contributed by atoms with Crippen LogP contribution in [0.3, 0.4) is 0 Å². The molecule has 8 bridgehead atoms. The molecule has 0 fully saturated rings. The highest BCUT2D eigenvalue weighted by molar-refractivity contribution is 7.87. The van der Waals surface area contributed by atoms with Crippen LogP contribution in [-0.2, 0) is 43.2 Å². The standard InChI is InChI=1S/C28H24O8S4/c1-33-25-17-9-5-10-18(25)38(30)20-12-7-14-22(27(20)35-3)40(32)24-16-8-15-23(28(24)36-4)39(31)21-13-6-11-19(37(17)29)26(21)34-2/h5-16H,1-4H3. The molecule has 0 spiro atoms. The number of hydrogen-bond acceptors (Lipinski definition) is 8. The minimum Gasteiger partial charge on any atom is -0.494 e. The largest absolute Gasteiger partial charge is 0.494 e. The minimum absolute atomic E-state index is 0.153. The summed E-state index contributed by atoms with van der Waals surface area (Å²) in [5.74, 6) is 0.612. The first-order chi connectivity index (χ1) is 19.4. The molecule has 0 saturated heterocycles. The van der Waals surface area contributed by atoms with E-state index in [1.165, 1.54) is 28.4 Å². The zero-order valence-electron chi connectivity index (χ0n) is 21.8. The van der Waals surface area contributed by atoms with Gasteiger partial charge in [-0.1, -0.05) is 24.3 Å². The van der Waals surface area contributed by atoms with Crippen molar-refractivity contribution >= 4 is 43.2 Å². The second-order valence-corrected chi connectivity index (χ2v) is 13.9. The molecule has 0 unspecified atom stereocenters. The summed E-state index contributed by atoms with van der Waals surface area (Å²) in [4.78, 5) is 2.00. The van der Waals surface area contributed by atoms with Gasteiger partial charge in [-0.2, -0.15) is 0 Å². The van der Waals surface area contributed by atoms with E-state index >= 15 is 0 Å². The van der Waals surface area contributed by atoms with Crippen LogP contribution < -0.4 is 18.9 Å². The van der Waals surface area contributed by atoms with E-state index in [2.05, 4.69) is 0 Å². The molecule has 208 valence electrons. The molecule has 40 heavy (non-hydrogen) atoms. The highest BCUT2D eigenvalue weighted by Gasteiger charge is 2.30. The van der Waals surface area contributed by atoms with Crippen molar-refractivity contribution in [1.82, 2.24) is 0 Å². The van der Waals surface area contributed by atoms with E-state index in [0.717, 1.165) is 0 Å². The van der Waals surface area contributed by atoms with E-state index < -0.39 is 43.2 Å². The fourth-order valence-electron chi connectivity index (χ4n) is 4.43. The van der Waals surface area contributed by atoms with Crippen molar-refractivity contribution in [3.63, 3.8) is 0 Å². The van der Waals surface area contributed by atoms with Crippen molar-refractivity contribution in [3.8, 4) is 23.0 Å². The molecule has 0 saturated carbocycles. The predicted octanol–water partition coefficient (Wildman–Crippen LogP) is 4.70. The summed E-state index contributed by atoms with van der Waals surface area (Å²) >= 11 is 0. The molecule has 0 amide bonds. The monoisotopic (exact) mass is 616 g/mol. The van der Waals surface area contributed by atoms with Crippen molar-refractivity contribution in [2.75, 3.05) is 28.4 Å². The molecular weight excluding hydrogens is 593 g/mol. The number of hydrogen-bond donors (Lipinski definition) is 0. The van der Waals surface area contributed by atoms with Gasteiger partial charge < -0.3 is 18.9 Å². The van der Waals surface area contributed by atoms with Crippen LogP contribution in [0.1, 0.15) is 0 Å². The molecule has 0 radical (unpaired) electrons. The maximum Gasteiger partial charge on any atom is 0.151 e. The Hall–Kier alpha value is -3.32. The van der Waals surface area contributed by atoms with E-state index in [1.807, 2.05) is 0 Å². The van der Waals surface area contributed by atoms with Gasteiger partial charge in [0, 0.05) is 0 Å². The lowest BCUT2D eigenvalue weighted by molar-refractivity contribution is 0.386. The molecule has 12 heteroatoms. The van der Waals surface area contributed by atoms with Gasteiger partial charge in [-0.25, -0.2) is 16.8 Å². The van der Waals surface area contributed by atoms with Crippen LogP contribution in [0.25, 0.3) is 0 Å². The van der Waals surface area contributed by atoms with Gasteiger partial charge in [0.15, 0.2) is 23.0 Å². The summed E-state index contributed by atoms with van der Waals surface area (Å²) in [6, 6.07) is 19.4. The van der Waals surface area contributed by atoms with Crippen LogP contribution in [-0.4, -0.2) is 45.3 Å². The number of rotatable bonds is 4. The third kappa shape index (κ3) is 4.58. The summed E-state index contributed by atoms with van der Waals surface area (Å²) in [5, 5.41) is 0. The normalized spacial score (nSPS) is 19.9. The maximum absolute atomic E-state index is 14.0. The summed E-state index contributed by atoms with van der Waals surface area (Å²) in [7, 11) is -1.91. The third-order valence-corrected chi connectivity index (χ3v) is 12.0. The fraction of sp³-hybridized carbons (Fsp3) is 0.143. The highest BCUT2D eigenvalue weighted by Crippen LogP contribution is 2.43. The first kappa shape index (κ1) is 28.2. The van der Waals surface area contributed by atoms with Crippen molar-refractivity contribution in [1.29, 1.82) is 0 Å². The Kier molecular flexibility index (Phi) is 8.22. The van der Waals surface area contributed by atoms with Crippen LogP contribution in [0, 0.1) is 0 Å². The Morgan fingerprint density at radius 3 is 0.625 bits per heavy atom. The molecular formula is C28H24O8S4. The van der Waals surface area contributed by atoms with Crippen molar-refractivity contribution in [2.24, 2.45) is 0 Å². The molecule has 0 N–H and O–H groups in total. The quantitative estimate of drug-likeness (QED) is 0.286. The summed E-state index contributed by atoms with van der Waals surface area (Å²) in [5.41, 5.74) is 0. The third-order valence-electron chi connectivity index (χ3n) is 6.19. The Labute approximate surface area is 241 Å². The molecule has 4 aromatic rings. The van der Waals surface area contributed by atoms with E-state index in [-0.39, 0.29) is 62.2 Å². The molecule has 0 atom stereocenters. The molecule has 1 aliphatic heterocycles. The van der Waals surface area contributed by atoms with Crippen molar-refractivity contribution < 1.29 is 35.8 Å². The molecule has 8 nitrogen and oxygen atoms in total. The van der Waals surface area contributed by atoms with Crippen LogP contribution >= 0.6 is 0 Å². The van der Waals surface area contributed by atoms with E-state index in [4.69, 9.17) is 18.9 Å². The van der Waals surface area contributed by atoms with Crippen LogP contribution in [0.2, 0.25) is 0 Å². The topological polar surface area (TPSA) is 105 Å². The number of methoxy groups -OCH3 is 4. The lowest BCUT2D eigenvalue weighted by atomic mass is 10.3. The first-order valence-corrected chi connectivity index (χ1v) is 16.3. The van der Waals surface area contributed by atoms with Gasteiger partial charge in [-0.15, -0.1) is 0 Å². The van der Waals surface area contributed by atoms with Crippen molar-refractivity contribution in [3.05, 3.63) is 72.8 Å². The number of benzene rings is 4. The number of fused-ring (bicyclic) bond motifs is 8. The average Bonchev–Trinajstić information content (AvgIpc) is 3.01. The van der Waals surface area contributed by atoms with Crippen LogP contribution in [0.15, 0.2) is 112 Å². The fourth-order valence-corrected chi connectivity index (χ4v) is 10.1. The van der Waals surface area contributed by atoms with Crippen LogP contribution in [0.5, 0.6) is 23.0 Å². The lowest BCUT2D eigenvalue weighted by Gasteiger charge is -2.19. The Balaban J connectivity index is 1.92. The Morgan fingerprint density at radius 1 is 0.350 bits per heavy atom. The lowest BCUT2D eigenvalue weighted by Crippen LogP contribution is -2.09. The zero-order valence-corrected chi connectivity index (χ0v) is 25.1. The van der Waals surface area contributed by atoms with Gasteiger partial charge >= 0.3 is 0 Å². The van der Waals surface area contributed by atoms with Gasteiger partial charge in [0.1, 0.15) is 0 Å². The second-order valence-electron chi connectivity index (χ2n) is 8.23. The SMILES string of the molecule is COc1c2cccc1S(=O)c1cccc(c1OC)S(=O)c1cccc(c1OC)S(=O)c1cccc(c1OC)S2=O. The van der Waals surface area contributed by atoms with Gasteiger partial charge in [0.05, 0.1) is 111 Å². The van der Waals surface area contributed by atoms with Crippen LogP contribution in [0.4, 0.5) is 0 Å². The molecule has 1 aliphatic rings. The average molecular weight is 617 g/mol. The molecule has 0 aliphatic carbocycles. The number of para-hydroxylation sites is 4. The smallest absolute Gasteiger partial charge is 0.151 e. The molecule has 4 aromatic carbocycles. The maximum atomic E-state index is 14.0. The van der Waals surface area contributed by atoms with Gasteiger partial charge in [-0.05, 0) is 48.5 Å². The molecule has 0 aromatic heterocycles. The van der Waals surface area contributed by atoms with Gasteiger partial charge in [0.2, 0.25) is 0 Å². The van der Waals surface area contributed by atoms with E-state index in [0.29, 0.717) is 0 Å². The van der Waals surface area contributed by atoms with Crippen molar-refractivity contribution in [2.45, 2.75) is 39.2 Å². The molecule has 5 rings (SSSR count). The predicted molar refractivity (Wildman–Crippen MR) is 151 cm³/mol. The van der Waals surface area contributed by atoms with Gasteiger partial charge in [-0.3, -0.25) is 0 Å². The van der Waals surface area contributed by atoms with E-state index in [9.17, 15) is 16.8 Å². The molecule has 1 heterocycles.